The third-order valence-electron chi connectivity index (χ3n) is 15.6. The van der Waals surface area contributed by atoms with E-state index in [2.05, 4.69) is 0 Å². The van der Waals surface area contributed by atoms with Gasteiger partial charge in [0.05, 0.1) is 68.9 Å². The van der Waals surface area contributed by atoms with Gasteiger partial charge in [-0.1, -0.05) is 71.8 Å². The predicted octanol–water partition coefficient (Wildman–Crippen LogP) is 18.0. The first-order valence-corrected chi connectivity index (χ1v) is 32.6. The highest BCUT2D eigenvalue weighted by atomic mass is 19.2. The minimum Gasteiger partial charge on any atom is -0.497 e. The minimum atomic E-state index is -2.06. The molecule has 0 saturated carbocycles. The number of carboxylic acid groups (broad SMARTS) is 9. The van der Waals surface area contributed by atoms with E-state index >= 15 is 0 Å². The average molecular weight is 1580 g/mol. The standard InChI is InChI=1S/C12H10O2.C10H12O4.C10H12O2.3C9H10O3.C8H4F4O2.C8H6F2O2.C8H7FO2/c1-8-2-3-10-7-11(12(13)14)5-4-9(10)6-8;1-6-4-7(13-2)9(10(11)12)8(5-6)14-3;1-6-4-7(2)9(10(11)12)8(3)5-6;1-6-3-4-7(12-2)5-8(6)9(10)11;1-6-3-4-7(9(10)11)5-8(6)12-2;1-6-3-4-7(9(10)11)8(5-6)12-2;1-2-4(9)6(11)3(8(13)14)7(12)5(2)10;1-4-6(9)2-5(8(11)12)3-7(4)10;1-5-2-3-6(8(10)11)4-7(5)9/h2-7H,1H3,(H,13,14);4-5H,1-3H3,(H,11,12);4-5H,1-3H3,(H,11,12);3*3-5H,1-2H3,(H,10,11);1H3,(H,13,14);2-3H,1H3,(H,11,12);2-4H,1H3,(H,10,11). The van der Waals surface area contributed by atoms with Crippen LogP contribution in [0.1, 0.15) is 154 Å². The van der Waals surface area contributed by atoms with E-state index in [1.165, 1.54) is 78.4 Å². The van der Waals surface area contributed by atoms with E-state index in [4.69, 9.17) is 69.6 Å². The smallest absolute Gasteiger partial charge is 0.343 e. The predicted molar refractivity (Wildman–Crippen MR) is 403 cm³/mol. The lowest BCUT2D eigenvalue weighted by Crippen LogP contribution is -2.11. The molecular formula is C83H81F7O23. The molecule has 113 heavy (non-hydrogen) atoms. The van der Waals surface area contributed by atoms with Gasteiger partial charge in [0.2, 0.25) is 0 Å². The molecule has 0 spiro atoms. The van der Waals surface area contributed by atoms with Crippen molar-refractivity contribution in [1.82, 2.24) is 0 Å². The van der Waals surface area contributed by atoms with Crippen molar-refractivity contribution < 1.29 is 144 Å². The maximum atomic E-state index is 12.8. The highest BCUT2D eigenvalue weighted by Crippen LogP contribution is 2.31. The quantitative estimate of drug-likeness (QED) is 0.0361. The Morgan fingerprint density at radius 1 is 0.248 bits per heavy atom. The SMILES string of the molecule is COc1cc(C(=O)O)ccc1C.COc1cc(C)cc(OC)c1C(=O)O.COc1cc(C)ccc1C(=O)O.COc1ccc(C)c(C(=O)O)c1.Cc1c(F)c(F)c(C(=O)O)c(F)c1F.Cc1c(F)cc(C(=O)O)cc1F.Cc1cc(C)c(C(=O)O)c(C)c1.Cc1ccc(C(=O)O)cc1F.Cc1ccc2cc(C(=O)O)ccc2c1. The number of carboxylic acids is 9. The Morgan fingerprint density at radius 3 is 1.04 bits per heavy atom. The van der Waals surface area contributed by atoms with Crippen LogP contribution < -0.4 is 23.7 Å². The number of benzene rings is 10. The Bertz CT molecular complexity index is 5050. The third kappa shape index (κ3) is 28.6. The van der Waals surface area contributed by atoms with Crippen LogP contribution >= 0.6 is 0 Å². The largest absolute Gasteiger partial charge is 0.497 e. The zero-order valence-electron chi connectivity index (χ0n) is 63.7. The van der Waals surface area contributed by atoms with Gasteiger partial charge in [0.15, 0.2) is 23.3 Å². The van der Waals surface area contributed by atoms with Gasteiger partial charge in [-0.3, -0.25) is 0 Å². The molecule has 0 saturated heterocycles. The van der Waals surface area contributed by atoms with Gasteiger partial charge in [0.25, 0.3) is 0 Å². The fraction of sp³-hybridized carbons (Fsp3) is 0.193. The van der Waals surface area contributed by atoms with Crippen molar-refractivity contribution in [1.29, 1.82) is 0 Å². The summed E-state index contributed by atoms with van der Waals surface area (Å²) in [6, 6.07) is 38.4. The van der Waals surface area contributed by atoms with Crippen LogP contribution in [0, 0.1) is 117 Å². The van der Waals surface area contributed by atoms with Crippen LogP contribution in [-0.2, 0) is 0 Å². The number of ether oxygens (including phenoxy) is 5. The molecule has 10 rings (SSSR count). The van der Waals surface area contributed by atoms with Crippen LogP contribution in [0.3, 0.4) is 0 Å². The first-order chi connectivity index (χ1) is 52.7. The Kier molecular flexibility index (Phi) is 37.6. The van der Waals surface area contributed by atoms with Gasteiger partial charge < -0.3 is 69.6 Å². The maximum absolute atomic E-state index is 12.8. The van der Waals surface area contributed by atoms with E-state index in [0.717, 1.165) is 74.8 Å². The van der Waals surface area contributed by atoms with Crippen molar-refractivity contribution in [2.24, 2.45) is 0 Å². The van der Waals surface area contributed by atoms with Crippen molar-refractivity contribution in [3.05, 3.63) is 298 Å². The molecule has 0 unspecified atom stereocenters. The molecule has 0 atom stereocenters. The Morgan fingerprint density at radius 2 is 0.619 bits per heavy atom. The Labute approximate surface area is 643 Å². The van der Waals surface area contributed by atoms with Gasteiger partial charge >= 0.3 is 53.7 Å². The van der Waals surface area contributed by atoms with Gasteiger partial charge in [-0.2, -0.15) is 0 Å². The average Bonchev–Trinajstić information content (AvgIpc) is 0.787. The van der Waals surface area contributed by atoms with Crippen molar-refractivity contribution in [2.45, 2.75) is 76.2 Å². The van der Waals surface area contributed by atoms with Crippen LogP contribution in [0.5, 0.6) is 28.7 Å². The van der Waals surface area contributed by atoms with Gasteiger partial charge in [0, 0.05) is 11.1 Å². The number of hydrogen-bond donors (Lipinski definition) is 9. The first kappa shape index (κ1) is 95.3. The number of aryl methyl sites for hydroxylation is 9. The zero-order chi connectivity index (χ0) is 86.3. The summed E-state index contributed by atoms with van der Waals surface area (Å²) in [6.07, 6.45) is 0. The molecule has 0 aromatic heterocycles. The molecular weight excluding hydrogens is 1500 g/mol. The summed E-state index contributed by atoms with van der Waals surface area (Å²) in [7, 11) is 7.35. The van der Waals surface area contributed by atoms with Crippen LogP contribution in [0.4, 0.5) is 30.7 Å². The molecule has 0 aliphatic carbocycles. The van der Waals surface area contributed by atoms with Crippen molar-refractivity contribution >= 4 is 64.5 Å². The summed E-state index contributed by atoms with van der Waals surface area (Å²) < 4.78 is 114. The summed E-state index contributed by atoms with van der Waals surface area (Å²) in [5, 5.41) is 79.8. The number of halogens is 7. The summed E-state index contributed by atoms with van der Waals surface area (Å²) in [6.45, 7) is 18.6. The van der Waals surface area contributed by atoms with Gasteiger partial charge in [-0.05, 0) is 211 Å². The van der Waals surface area contributed by atoms with Crippen LogP contribution in [-0.4, -0.2) is 135 Å². The number of carbonyl (C=O) groups is 9. The number of rotatable bonds is 14. The summed E-state index contributed by atoms with van der Waals surface area (Å²) in [5.74, 6) is -17.2. The molecule has 9 N–H and O–H groups in total. The van der Waals surface area contributed by atoms with Crippen LogP contribution in [0.2, 0.25) is 0 Å². The van der Waals surface area contributed by atoms with E-state index in [-0.39, 0.29) is 38.9 Å². The molecule has 600 valence electrons. The molecule has 0 aliphatic rings. The van der Waals surface area contributed by atoms with E-state index in [9.17, 15) is 73.9 Å². The highest BCUT2D eigenvalue weighted by Gasteiger charge is 2.27. The number of hydrogen-bond acceptors (Lipinski definition) is 14. The summed E-state index contributed by atoms with van der Waals surface area (Å²) >= 11 is 0. The molecule has 0 bridgehead atoms. The zero-order valence-corrected chi connectivity index (χ0v) is 63.7. The molecule has 30 heteroatoms. The molecule has 0 heterocycles. The maximum Gasteiger partial charge on any atom is 0.343 e. The Hall–Kier alpha value is -13.8. The topological polar surface area (TPSA) is 382 Å². The summed E-state index contributed by atoms with van der Waals surface area (Å²) in [5.41, 5.74) is 6.44. The lowest BCUT2D eigenvalue weighted by atomic mass is 10.0. The van der Waals surface area contributed by atoms with Crippen LogP contribution in [0.15, 0.2) is 146 Å². The van der Waals surface area contributed by atoms with Crippen molar-refractivity contribution in [2.75, 3.05) is 35.5 Å². The molecule has 10 aromatic rings. The van der Waals surface area contributed by atoms with Crippen LogP contribution in [0.25, 0.3) is 10.8 Å². The lowest BCUT2D eigenvalue weighted by Gasteiger charge is -2.10. The monoisotopic (exact) mass is 1580 g/mol. The molecule has 0 fully saturated rings. The normalized spacial score (nSPS) is 9.83. The van der Waals surface area contributed by atoms with E-state index in [1.807, 2.05) is 84.9 Å². The third-order valence-corrected chi connectivity index (χ3v) is 15.6. The molecule has 0 radical (unpaired) electrons. The lowest BCUT2D eigenvalue weighted by molar-refractivity contribution is 0.0673. The Balaban J connectivity index is 0.000000432. The highest BCUT2D eigenvalue weighted by molar-refractivity contribution is 5.96. The van der Waals surface area contributed by atoms with E-state index in [0.29, 0.717) is 45.4 Å². The second-order valence-corrected chi connectivity index (χ2v) is 24.0. The molecule has 0 amide bonds. The fourth-order valence-electron chi connectivity index (χ4n) is 9.58. The van der Waals surface area contributed by atoms with Crippen molar-refractivity contribution in [3.8, 4) is 28.7 Å². The van der Waals surface area contributed by atoms with Crippen molar-refractivity contribution in [3.63, 3.8) is 0 Å². The molecule has 0 aliphatic heterocycles. The van der Waals surface area contributed by atoms with E-state index < -0.39 is 106 Å². The van der Waals surface area contributed by atoms with Gasteiger partial charge in [0.1, 0.15) is 62.9 Å². The van der Waals surface area contributed by atoms with Gasteiger partial charge in [-0.25, -0.2) is 73.9 Å². The summed E-state index contributed by atoms with van der Waals surface area (Å²) in [4.78, 5) is 95.0. The minimum absolute atomic E-state index is 0.0203. The second-order valence-electron chi connectivity index (χ2n) is 24.0. The fourth-order valence-corrected chi connectivity index (χ4v) is 9.58. The number of aromatic carboxylic acids is 9. The number of methoxy groups -OCH3 is 5. The second kappa shape index (κ2) is 44.6. The number of fused-ring (bicyclic) bond motifs is 1. The molecule has 23 nitrogen and oxygen atoms in total. The van der Waals surface area contributed by atoms with Gasteiger partial charge in [-0.15, -0.1) is 0 Å². The molecule has 10 aromatic carbocycles. The first-order valence-electron chi connectivity index (χ1n) is 32.6. The van der Waals surface area contributed by atoms with E-state index in [1.54, 1.807) is 74.5 Å².